The summed E-state index contributed by atoms with van der Waals surface area (Å²) in [5.74, 6) is -0.285. The maximum Gasteiger partial charge on any atom is 0.130 e. The number of allylic oxidation sites excluding steroid dienone is 1. The Kier molecular flexibility index (Phi) is 3.55. The molecule has 92 valence electrons. The van der Waals surface area contributed by atoms with Crippen LogP contribution in [0.25, 0.3) is 0 Å². The molecule has 1 saturated carbocycles. The Balaban J connectivity index is 2.37. The first-order chi connectivity index (χ1) is 8.07. The van der Waals surface area contributed by atoms with Gasteiger partial charge in [0.1, 0.15) is 5.82 Å². The summed E-state index contributed by atoms with van der Waals surface area (Å²) in [5.41, 5.74) is 1.31. The zero-order valence-electron chi connectivity index (χ0n) is 9.93. The van der Waals surface area contributed by atoms with Gasteiger partial charge >= 0.3 is 0 Å². The first kappa shape index (κ1) is 12.6. The molecule has 0 aromatic heterocycles. The highest BCUT2D eigenvalue weighted by Gasteiger charge is 2.36. The lowest BCUT2D eigenvalue weighted by atomic mass is 9.77. The minimum Gasteiger partial charge on any atom is -0.373 e. The van der Waals surface area contributed by atoms with E-state index in [1.54, 1.807) is 19.2 Å². The molecule has 1 aromatic rings. The van der Waals surface area contributed by atoms with Crippen molar-refractivity contribution >= 4 is 11.6 Å². The van der Waals surface area contributed by atoms with E-state index in [0.29, 0.717) is 10.6 Å². The number of hydrogen-bond donors (Lipinski definition) is 0. The second-order valence-electron chi connectivity index (χ2n) is 4.57. The highest BCUT2D eigenvalue weighted by Crippen LogP contribution is 2.42. The number of ether oxygens (including phenoxy) is 1. The predicted octanol–water partition coefficient (Wildman–Crippen LogP) is 4.45. The largest absolute Gasteiger partial charge is 0.373 e. The summed E-state index contributed by atoms with van der Waals surface area (Å²) < 4.78 is 19.6. The number of benzene rings is 1. The van der Waals surface area contributed by atoms with Crippen molar-refractivity contribution in [3.8, 4) is 0 Å². The highest BCUT2D eigenvalue weighted by molar-refractivity contribution is 6.30. The Morgan fingerprint density at radius 1 is 1.35 bits per heavy atom. The molecule has 2 rings (SSSR count). The van der Waals surface area contributed by atoms with Gasteiger partial charge in [-0.15, -0.1) is 0 Å². The quantitative estimate of drug-likeness (QED) is 0.709. The smallest absolute Gasteiger partial charge is 0.130 e. The average Bonchev–Trinajstić information content (AvgIpc) is 2.31. The average molecular weight is 255 g/mol. The molecule has 0 N–H and O–H groups in total. The van der Waals surface area contributed by atoms with E-state index < -0.39 is 5.60 Å². The van der Waals surface area contributed by atoms with Crippen molar-refractivity contribution in [1.82, 2.24) is 0 Å². The van der Waals surface area contributed by atoms with Gasteiger partial charge in [0.05, 0.1) is 5.60 Å². The van der Waals surface area contributed by atoms with Crippen molar-refractivity contribution < 1.29 is 9.13 Å². The molecule has 0 radical (unpaired) electrons. The van der Waals surface area contributed by atoms with Crippen molar-refractivity contribution in [2.75, 3.05) is 7.11 Å². The summed E-state index contributed by atoms with van der Waals surface area (Å²) in [4.78, 5) is 0. The SMILES string of the molecule is C=C1CCC(OC)(c2ccc(Cl)cc2F)CC1. The molecule has 0 spiro atoms. The normalized spacial score (nSPS) is 19.4. The Labute approximate surface area is 106 Å². The van der Waals surface area contributed by atoms with Crippen LogP contribution < -0.4 is 0 Å². The van der Waals surface area contributed by atoms with Gasteiger partial charge in [-0.25, -0.2) is 4.39 Å². The summed E-state index contributed by atoms with van der Waals surface area (Å²) in [6.07, 6.45) is 3.33. The van der Waals surface area contributed by atoms with Crippen molar-refractivity contribution in [3.63, 3.8) is 0 Å². The Morgan fingerprint density at radius 3 is 2.53 bits per heavy atom. The van der Waals surface area contributed by atoms with Crippen LogP contribution in [0.1, 0.15) is 31.2 Å². The van der Waals surface area contributed by atoms with Crippen molar-refractivity contribution in [3.05, 3.63) is 46.8 Å². The molecular formula is C14H16ClFO. The molecule has 0 aliphatic heterocycles. The number of halogens is 2. The predicted molar refractivity (Wildman–Crippen MR) is 67.7 cm³/mol. The Hall–Kier alpha value is -0.860. The monoisotopic (exact) mass is 254 g/mol. The number of hydrogen-bond acceptors (Lipinski definition) is 1. The van der Waals surface area contributed by atoms with E-state index in [9.17, 15) is 4.39 Å². The minimum absolute atomic E-state index is 0.285. The van der Waals surface area contributed by atoms with Crippen LogP contribution >= 0.6 is 11.6 Å². The van der Waals surface area contributed by atoms with Crippen LogP contribution in [0.15, 0.2) is 30.4 Å². The van der Waals surface area contributed by atoms with Crippen LogP contribution in [-0.4, -0.2) is 7.11 Å². The lowest BCUT2D eigenvalue weighted by Gasteiger charge is -2.37. The van der Waals surface area contributed by atoms with Gasteiger partial charge in [-0.3, -0.25) is 0 Å². The molecule has 17 heavy (non-hydrogen) atoms. The second-order valence-corrected chi connectivity index (χ2v) is 5.01. The van der Waals surface area contributed by atoms with E-state index in [-0.39, 0.29) is 5.82 Å². The van der Waals surface area contributed by atoms with Gasteiger partial charge in [0, 0.05) is 17.7 Å². The third-order valence-corrected chi connectivity index (χ3v) is 3.81. The third kappa shape index (κ3) is 2.38. The third-order valence-electron chi connectivity index (χ3n) is 3.58. The van der Waals surface area contributed by atoms with Crippen LogP contribution in [0.5, 0.6) is 0 Å². The summed E-state index contributed by atoms with van der Waals surface area (Å²) in [6.45, 7) is 3.97. The molecule has 1 aromatic carbocycles. The van der Waals surface area contributed by atoms with E-state index in [0.717, 1.165) is 25.7 Å². The second kappa shape index (κ2) is 4.79. The molecule has 1 aliphatic rings. The molecule has 0 heterocycles. The molecule has 0 saturated heterocycles. The summed E-state index contributed by atoms with van der Waals surface area (Å²) in [7, 11) is 1.64. The van der Waals surface area contributed by atoms with Crippen molar-refractivity contribution in [2.45, 2.75) is 31.3 Å². The van der Waals surface area contributed by atoms with Gasteiger partial charge in [-0.1, -0.05) is 29.8 Å². The van der Waals surface area contributed by atoms with Gasteiger partial charge in [0.25, 0.3) is 0 Å². The lowest BCUT2D eigenvalue weighted by molar-refractivity contribution is -0.0393. The number of methoxy groups -OCH3 is 1. The molecule has 1 fully saturated rings. The number of rotatable bonds is 2. The molecule has 0 unspecified atom stereocenters. The fourth-order valence-corrected chi connectivity index (χ4v) is 2.61. The van der Waals surface area contributed by atoms with Crippen LogP contribution in [0, 0.1) is 5.82 Å². The fourth-order valence-electron chi connectivity index (χ4n) is 2.45. The van der Waals surface area contributed by atoms with Crippen LogP contribution in [0.4, 0.5) is 4.39 Å². The van der Waals surface area contributed by atoms with Crippen LogP contribution in [0.3, 0.4) is 0 Å². The molecule has 3 heteroatoms. The van der Waals surface area contributed by atoms with Gasteiger partial charge < -0.3 is 4.74 Å². The maximum absolute atomic E-state index is 14.0. The fraction of sp³-hybridized carbons (Fsp3) is 0.429. The van der Waals surface area contributed by atoms with Gasteiger partial charge in [-0.2, -0.15) is 0 Å². The lowest BCUT2D eigenvalue weighted by Crippen LogP contribution is -2.32. The van der Waals surface area contributed by atoms with E-state index in [1.165, 1.54) is 11.6 Å². The van der Waals surface area contributed by atoms with Crippen molar-refractivity contribution in [2.24, 2.45) is 0 Å². The van der Waals surface area contributed by atoms with E-state index in [2.05, 4.69) is 6.58 Å². The maximum atomic E-state index is 14.0. The van der Waals surface area contributed by atoms with Crippen LogP contribution in [0.2, 0.25) is 5.02 Å². The van der Waals surface area contributed by atoms with E-state index in [1.807, 2.05) is 0 Å². The zero-order valence-corrected chi connectivity index (χ0v) is 10.7. The first-order valence-electron chi connectivity index (χ1n) is 5.75. The van der Waals surface area contributed by atoms with Gasteiger partial charge in [0.15, 0.2) is 0 Å². The standard InChI is InChI=1S/C14H16ClFO/c1-10-5-7-14(17-2,8-6-10)12-4-3-11(15)9-13(12)16/h3-4,9H,1,5-8H2,2H3. The minimum atomic E-state index is -0.518. The zero-order chi connectivity index (χ0) is 12.5. The molecule has 0 bridgehead atoms. The van der Waals surface area contributed by atoms with Gasteiger partial charge in [0.2, 0.25) is 0 Å². The van der Waals surface area contributed by atoms with Crippen LogP contribution in [-0.2, 0) is 10.3 Å². The summed E-state index contributed by atoms with van der Waals surface area (Å²) >= 11 is 5.77. The summed E-state index contributed by atoms with van der Waals surface area (Å²) in [6, 6.07) is 4.79. The highest BCUT2D eigenvalue weighted by atomic mass is 35.5. The molecule has 1 nitrogen and oxygen atoms in total. The van der Waals surface area contributed by atoms with E-state index >= 15 is 0 Å². The first-order valence-corrected chi connectivity index (χ1v) is 6.12. The molecule has 0 atom stereocenters. The molecular weight excluding hydrogens is 239 g/mol. The van der Waals surface area contributed by atoms with Crippen molar-refractivity contribution in [1.29, 1.82) is 0 Å². The Morgan fingerprint density at radius 2 is 2.00 bits per heavy atom. The van der Waals surface area contributed by atoms with Gasteiger partial charge in [-0.05, 0) is 37.8 Å². The van der Waals surface area contributed by atoms with E-state index in [4.69, 9.17) is 16.3 Å². The Bertz CT molecular complexity index is 432. The molecule has 1 aliphatic carbocycles. The topological polar surface area (TPSA) is 9.23 Å². The molecule has 0 amide bonds. The summed E-state index contributed by atoms with van der Waals surface area (Å²) in [5, 5.41) is 0.415.